The van der Waals surface area contributed by atoms with Crippen molar-refractivity contribution >= 4 is 25.7 Å². The Balaban J connectivity index is 2.31. The van der Waals surface area contributed by atoms with Crippen LogP contribution in [0.2, 0.25) is 0 Å². The standard InChI is InChI=1S/C16H18F2N2O4S2/c1-11(2)20(3)26(23,24)14-7-5-13(6-8-14)19-25(21,22)16-10-12(17)4-9-15(16)18/h4-11,19H,1-3H3. The molecule has 142 valence electrons. The van der Waals surface area contributed by atoms with Crippen molar-refractivity contribution in [3.63, 3.8) is 0 Å². The van der Waals surface area contributed by atoms with Gasteiger partial charge in [0.25, 0.3) is 10.0 Å². The van der Waals surface area contributed by atoms with Gasteiger partial charge in [-0.15, -0.1) is 0 Å². The van der Waals surface area contributed by atoms with E-state index in [1.807, 2.05) is 0 Å². The van der Waals surface area contributed by atoms with E-state index in [1.54, 1.807) is 13.8 Å². The average Bonchev–Trinajstić information content (AvgIpc) is 2.56. The molecule has 0 aliphatic rings. The summed E-state index contributed by atoms with van der Waals surface area (Å²) >= 11 is 0. The van der Waals surface area contributed by atoms with Crippen LogP contribution in [0.3, 0.4) is 0 Å². The molecule has 26 heavy (non-hydrogen) atoms. The third-order valence-corrected chi connectivity index (χ3v) is 7.14. The van der Waals surface area contributed by atoms with Crippen LogP contribution >= 0.6 is 0 Å². The Morgan fingerprint density at radius 3 is 2.08 bits per heavy atom. The molecule has 0 unspecified atom stereocenters. The van der Waals surface area contributed by atoms with Gasteiger partial charge in [-0.1, -0.05) is 0 Å². The minimum atomic E-state index is -4.37. The van der Waals surface area contributed by atoms with Crippen LogP contribution in [-0.2, 0) is 20.0 Å². The Morgan fingerprint density at radius 1 is 0.962 bits per heavy atom. The number of rotatable bonds is 6. The molecule has 2 aromatic rings. The molecule has 0 aromatic heterocycles. The normalized spacial score (nSPS) is 12.6. The zero-order valence-corrected chi connectivity index (χ0v) is 15.9. The Hall–Kier alpha value is -2.04. The van der Waals surface area contributed by atoms with E-state index >= 15 is 0 Å². The number of nitrogens with one attached hydrogen (secondary N) is 1. The number of nitrogens with zero attached hydrogens (tertiary/aromatic N) is 1. The van der Waals surface area contributed by atoms with Crippen molar-refractivity contribution in [3.8, 4) is 0 Å². The summed E-state index contributed by atoms with van der Waals surface area (Å²) in [4.78, 5) is -0.859. The fourth-order valence-corrected chi connectivity index (χ4v) is 4.55. The lowest BCUT2D eigenvalue weighted by atomic mass is 10.3. The van der Waals surface area contributed by atoms with Crippen LogP contribution in [0.15, 0.2) is 52.3 Å². The first-order valence-electron chi connectivity index (χ1n) is 7.51. The van der Waals surface area contributed by atoms with E-state index in [4.69, 9.17) is 0 Å². The molecule has 2 aromatic carbocycles. The van der Waals surface area contributed by atoms with E-state index < -0.39 is 36.6 Å². The minimum Gasteiger partial charge on any atom is -0.280 e. The summed E-state index contributed by atoms with van der Waals surface area (Å²) < 4.78 is 79.3. The van der Waals surface area contributed by atoms with Gasteiger partial charge in [0.15, 0.2) is 0 Å². The lowest BCUT2D eigenvalue weighted by Gasteiger charge is -2.21. The fourth-order valence-electron chi connectivity index (χ4n) is 2.03. The molecule has 0 bridgehead atoms. The van der Waals surface area contributed by atoms with Crippen LogP contribution in [0.1, 0.15) is 13.8 Å². The van der Waals surface area contributed by atoms with Gasteiger partial charge < -0.3 is 0 Å². The molecule has 0 aliphatic heterocycles. The van der Waals surface area contributed by atoms with E-state index in [-0.39, 0.29) is 16.6 Å². The Labute approximate surface area is 151 Å². The van der Waals surface area contributed by atoms with E-state index in [1.165, 1.54) is 35.6 Å². The monoisotopic (exact) mass is 404 g/mol. The van der Waals surface area contributed by atoms with Crippen LogP contribution in [0, 0.1) is 11.6 Å². The highest BCUT2D eigenvalue weighted by Crippen LogP contribution is 2.22. The molecule has 0 radical (unpaired) electrons. The highest BCUT2D eigenvalue weighted by Gasteiger charge is 2.24. The van der Waals surface area contributed by atoms with Gasteiger partial charge in [-0.2, -0.15) is 4.31 Å². The molecule has 0 saturated heterocycles. The van der Waals surface area contributed by atoms with Crippen LogP contribution < -0.4 is 4.72 Å². The molecular formula is C16H18F2N2O4S2. The first-order chi connectivity index (χ1) is 11.9. The van der Waals surface area contributed by atoms with Gasteiger partial charge in [-0.25, -0.2) is 25.6 Å². The van der Waals surface area contributed by atoms with Crippen molar-refractivity contribution in [2.75, 3.05) is 11.8 Å². The Bertz CT molecular complexity index is 1010. The smallest absolute Gasteiger partial charge is 0.264 e. The molecule has 2 rings (SSSR count). The largest absolute Gasteiger partial charge is 0.280 e. The van der Waals surface area contributed by atoms with Gasteiger partial charge in [0.05, 0.1) is 4.90 Å². The fraction of sp³-hybridized carbons (Fsp3) is 0.250. The second kappa shape index (κ2) is 7.29. The quantitative estimate of drug-likeness (QED) is 0.803. The molecule has 0 aliphatic carbocycles. The summed E-state index contributed by atoms with van der Waals surface area (Å²) in [5.41, 5.74) is 0.0137. The summed E-state index contributed by atoms with van der Waals surface area (Å²) in [7, 11) is -6.65. The second-order valence-corrected chi connectivity index (χ2v) is 9.47. The van der Waals surface area contributed by atoms with Crippen molar-refractivity contribution in [2.45, 2.75) is 29.7 Å². The number of halogens is 2. The molecule has 1 N–H and O–H groups in total. The molecule has 0 atom stereocenters. The van der Waals surface area contributed by atoms with Crippen LogP contribution in [0.5, 0.6) is 0 Å². The molecule has 0 spiro atoms. The zero-order valence-electron chi connectivity index (χ0n) is 14.3. The van der Waals surface area contributed by atoms with E-state index in [0.29, 0.717) is 12.1 Å². The van der Waals surface area contributed by atoms with Crippen LogP contribution in [0.4, 0.5) is 14.5 Å². The average molecular weight is 404 g/mol. The summed E-state index contributed by atoms with van der Waals surface area (Å²) in [5, 5.41) is 0. The maximum absolute atomic E-state index is 13.7. The minimum absolute atomic E-state index is 0.0137. The van der Waals surface area contributed by atoms with E-state index in [9.17, 15) is 25.6 Å². The van der Waals surface area contributed by atoms with Crippen molar-refractivity contribution in [1.29, 1.82) is 0 Å². The molecule has 6 nitrogen and oxygen atoms in total. The van der Waals surface area contributed by atoms with Gasteiger partial charge >= 0.3 is 0 Å². The van der Waals surface area contributed by atoms with E-state index in [2.05, 4.69) is 4.72 Å². The summed E-state index contributed by atoms with van der Waals surface area (Å²) in [6.45, 7) is 3.43. The molecule has 10 heteroatoms. The third-order valence-electron chi connectivity index (χ3n) is 3.69. The summed E-state index contributed by atoms with van der Waals surface area (Å²) in [6.07, 6.45) is 0. The Kier molecular flexibility index (Phi) is 5.69. The first-order valence-corrected chi connectivity index (χ1v) is 10.4. The van der Waals surface area contributed by atoms with Crippen LogP contribution in [-0.4, -0.2) is 34.2 Å². The molecular weight excluding hydrogens is 386 g/mol. The topological polar surface area (TPSA) is 83.6 Å². The number of sulfonamides is 2. The molecule has 0 saturated carbocycles. The predicted octanol–water partition coefficient (Wildman–Crippen LogP) is 2.79. The van der Waals surface area contributed by atoms with Gasteiger partial charge in [0.2, 0.25) is 10.0 Å². The molecule has 0 amide bonds. The third kappa shape index (κ3) is 4.19. The van der Waals surface area contributed by atoms with Gasteiger partial charge in [-0.3, -0.25) is 4.72 Å². The SMILES string of the molecule is CC(C)N(C)S(=O)(=O)c1ccc(NS(=O)(=O)c2cc(F)ccc2F)cc1. The summed E-state index contributed by atoms with van der Waals surface area (Å²) in [6, 6.07) is 6.75. The van der Waals surface area contributed by atoms with Gasteiger partial charge in [-0.05, 0) is 56.3 Å². The van der Waals surface area contributed by atoms with Crippen molar-refractivity contribution < 1.29 is 25.6 Å². The number of hydrogen-bond acceptors (Lipinski definition) is 4. The first kappa shape index (κ1) is 20.3. The highest BCUT2D eigenvalue weighted by atomic mass is 32.2. The predicted molar refractivity (Wildman–Crippen MR) is 93.7 cm³/mol. The van der Waals surface area contributed by atoms with Crippen molar-refractivity contribution in [3.05, 3.63) is 54.1 Å². The van der Waals surface area contributed by atoms with Crippen molar-refractivity contribution in [2.24, 2.45) is 0 Å². The van der Waals surface area contributed by atoms with Gasteiger partial charge in [0, 0.05) is 18.8 Å². The maximum atomic E-state index is 13.7. The molecule has 0 fully saturated rings. The van der Waals surface area contributed by atoms with E-state index in [0.717, 1.165) is 6.07 Å². The van der Waals surface area contributed by atoms with Crippen molar-refractivity contribution in [1.82, 2.24) is 4.31 Å². The zero-order chi connectivity index (χ0) is 19.7. The maximum Gasteiger partial charge on any atom is 0.264 e. The number of hydrogen-bond donors (Lipinski definition) is 1. The highest BCUT2D eigenvalue weighted by molar-refractivity contribution is 7.92. The van der Waals surface area contributed by atoms with Crippen LogP contribution in [0.25, 0.3) is 0 Å². The summed E-state index contributed by atoms with van der Waals surface area (Å²) in [5.74, 6) is -2.00. The molecule has 0 heterocycles. The second-order valence-electron chi connectivity index (χ2n) is 5.82. The lowest BCUT2D eigenvalue weighted by Crippen LogP contribution is -2.33. The Morgan fingerprint density at radius 2 is 1.54 bits per heavy atom. The van der Waals surface area contributed by atoms with Gasteiger partial charge in [0.1, 0.15) is 16.5 Å². The number of benzene rings is 2. The lowest BCUT2D eigenvalue weighted by molar-refractivity contribution is 0.410. The number of anilines is 1.